The lowest BCUT2D eigenvalue weighted by molar-refractivity contribution is -0.149. The topological polar surface area (TPSA) is 59.5 Å². The van der Waals surface area contributed by atoms with Crippen molar-refractivity contribution in [1.82, 2.24) is 9.88 Å². The molecule has 0 atom stereocenters. The second-order valence-electron chi connectivity index (χ2n) is 4.59. The van der Waals surface area contributed by atoms with Gasteiger partial charge in [-0.15, -0.1) is 11.3 Å². The Balaban J connectivity index is 1.94. The summed E-state index contributed by atoms with van der Waals surface area (Å²) in [5, 5.41) is 2.84. The van der Waals surface area contributed by atoms with E-state index in [0.717, 1.165) is 23.5 Å². The van der Waals surface area contributed by atoms with Gasteiger partial charge in [0.25, 0.3) is 0 Å². The highest BCUT2D eigenvalue weighted by Gasteiger charge is 2.34. The number of ether oxygens (including phenoxy) is 1. The van der Waals surface area contributed by atoms with Crippen LogP contribution in [0.5, 0.6) is 0 Å². The molecule has 19 heavy (non-hydrogen) atoms. The van der Waals surface area contributed by atoms with Gasteiger partial charge in [-0.25, -0.2) is 4.98 Å². The van der Waals surface area contributed by atoms with E-state index in [0.29, 0.717) is 6.61 Å². The van der Waals surface area contributed by atoms with Crippen LogP contribution in [0.15, 0.2) is 5.38 Å². The Kier molecular flexibility index (Phi) is 4.52. The summed E-state index contributed by atoms with van der Waals surface area (Å²) in [6.45, 7) is 4.08. The molecule has 1 amide bonds. The maximum absolute atomic E-state index is 12.2. The number of hydrogen-bond acceptors (Lipinski definition) is 5. The highest BCUT2D eigenvalue weighted by Crippen LogP contribution is 2.27. The number of aromatic nitrogens is 1. The van der Waals surface area contributed by atoms with Crippen LogP contribution >= 0.6 is 11.3 Å². The lowest BCUT2D eigenvalue weighted by atomic mass is 10.3. The van der Waals surface area contributed by atoms with Gasteiger partial charge in [-0.3, -0.25) is 9.59 Å². The zero-order valence-electron chi connectivity index (χ0n) is 11.2. The van der Waals surface area contributed by atoms with Crippen LogP contribution in [0, 0.1) is 6.92 Å². The van der Waals surface area contributed by atoms with Gasteiger partial charge < -0.3 is 9.64 Å². The minimum Gasteiger partial charge on any atom is -0.465 e. The molecule has 1 aromatic rings. The lowest BCUT2D eigenvalue weighted by Gasteiger charge is -2.20. The second-order valence-corrected chi connectivity index (χ2v) is 5.65. The number of esters is 1. The average Bonchev–Trinajstić information content (AvgIpc) is 3.11. The number of rotatable bonds is 6. The van der Waals surface area contributed by atoms with Crippen molar-refractivity contribution in [1.29, 1.82) is 0 Å². The van der Waals surface area contributed by atoms with Crippen LogP contribution < -0.4 is 0 Å². The van der Waals surface area contributed by atoms with Gasteiger partial charge in [-0.1, -0.05) is 0 Å². The van der Waals surface area contributed by atoms with E-state index in [9.17, 15) is 9.59 Å². The summed E-state index contributed by atoms with van der Waals surface area (Å²) >= 11 is 1.53. The van der Waals surface area contributed by atoms with Crippen molar-refractivity contribution in [2.75, 3.05) is 13.2 Å². The van der Waals surface area contributed by atoms with E-state index < -0.39 is 0 Å². The summed E-state index contributed by atoms with van der Waals surface area (Å²) in [4.78, 5) is 29.7. The number of hydrogen-bond donors (Lipinski definition) is 0. The van der Waals surface area contributed by atoms with Gasteiger partial charge in [0.05, 0.1) is 23.7 Å². The molecule has 0 aliphatic heterocycles. The van der Waals surface area contributed by atoms with Crippen LogP contribution in [-0.2, 0) is 20.7 Å². The first-order chi connectivity index (χ1) is 9.10. The van der Waals surface area contributed by atoms with Crippen molar-refractivity contribution < 1.29 is 14.3 Å². The first kappa shape index (κ1) is 14.0. The van der Waals surface area contributed by atoms with Gasteiger partial charge in [0.2, 0.25) is 5.91 Å². The average molecular weight is 282 g/mol. The number of thiazole rings is 1. The normalized spacial score (nSPS) is 14.2. The molecule has 1 fully saturated rings. The van der Waals surface area contributed by atoms with E-state index in [1.165, 1.54) is 11.3 Å². The van der Waals surface area contributed by atoms with Crippen molar-refractivity contribution >= 4 is 23.2 Å². The molecule has 0 unspecified atom stereocenters. The third-order valence-corrected chi connectivity index (χ3v) is 3.73. The summed E-state index contributed by atoms with van der Waals surface area (Å²) in [6, 6.07) is 0.205. The van der Waals surface area contributed by atoms with Gasteiger partial charge in [0.1, 0.15) is 6.54 Å². The molecule has 1 aliphatic carbocycles. The Hall–Kier alpha value is -1.43. The molecule has 104 valence electrons. The summed E-state index contributed by atoms with van der Waals surface area (Å²) in [6.07, 6.45) is 2.21. The maximum Gasteiger partial charge on any atom is 0.325 e. The van der Waals surface area contributed by atoms with Crippen molar-refractivity contribution in [2.24, 2.45) is 0 Å². The van der Waals surface area contributed by atoms with E-state index >= 15 is 0 Å². The lowest BCUT2D eigenvalue weighted by Crippen LogP contribution is -2.39. The summed E-state index contributed by atoms with van der Waals surface area (Å²) in [5.41, 5.74) is 0.780. The standard InChI is InChI=1S/C13H18N2O3S/c1-3-18-13(17)7-15(11-4-5-11)12(16)6-10-8-19-9(2)14-10/h8,11H,3-7H2,1-2H3. The molecule has 1 aliphatic rings. The monoisotopic (exact) mass is 282 g/mol. The SMILES string of the molecule is CCOC(=O)CN(C(=O)Cc1csc(C)n1)C1CC1. The van der Waals surface area contributed by atoms with Crippen LogP contribution in [0.25, 0.3) is 0 Å². The first-order valence-electron chi connectivity index (χ1n) is 6.46. The molecule has 0 radical (unpaired) electrons. The summed E-state index contributed by atoms with van der Waals surface area (Å²) in [7, 11) is 0. The predicted octanol–water partition coefficient (Wildman–Crippen LogP) is 1.55. The molecule has 5 nitrogen and oxygen atoms in total. The summed E-state index contributed by atoms with van der Waals surface area (Å²) in [5.74, 6) is -0.377. The molecule has 1 heterocycles. The molecule has 0 spiro atoms. The van der Waals surface area contributed by atoms with Crippen molar-refractivity contribution in [2.45, 2.75) is 39.2 Å². The zero-order chi connectivity index (χ0) is 13.8. The van der Waals surface area contributed by atoms with Crippen LogP contribution in [0.1, 0.15) is 30.5 Å². The fraction of sp³-hybridized carbons (Fsp3) is 0.615. The van der Waals surface area contributed by atoms with Gasteiger partial charge >= 0.3 is 5.97 Å². The third kappa shape index (κ3) is 4.02. The van der Waals surface area contributed by atoms with Crippen LogP contribution in [0.2, 0.25) is 0 Å². The zero-order valence-corrected chi connectivity index (χ0v) is 12.0. The predicted molar refractivity (Wildman–Crippen MR) is 71.9 cm³/mol. The molecule has 1 aromatic heterocycles. The second kappa shape index (κ2) is 6.14. The molecule has 0 bridgehead atoms. The molecule has 0 N–H and O–H groups in total. The molecule has 2 rings (SSSR count). The highest BCUT2D eigenvalue weighted by atomic mass is 32.1. The van der Waals surface area contributed by atoms with Crippen LogP contribution in [-0.4, -0.2) is 41.0 Å². The molecular formula is C13H18N2O3S. The third-order valence-electron chi connectivity index (χ3n) is 2.91. The van der Waals surface area contributed by atoms with Gasteiger partial charge in [-0.05, 0) is 26.7 Å². The fourth-order valence-electron chi connectivity index (χ4n) is 1.90. The van der Waals surface area contributed by atoms with Crippen molar-refractivity contribution in [3.05, 3.63) is 16.1 Å². The number of carbonyl (C=O) groups is 2. The largest absolute Gasteiger partial charge is 0.465 e. The van der Waals surface area contributed by atoms with E-state index in [2.05, 4.69) is 4.98 Å². The number of carbonyl (C=O) groups excluding carboxylic acids is 2. The van der Waals surface area contributed by atoms with Gasteiger partial charge in [-0.2, -0.15) is 0 Å². The van der Waals surface area contributed by atoms with E-state index in [4.69, 9.17) is 4.74 Å². The van der Waals surface area contributed by atoms with E-state index in [1.54, 1.807) is 11.8 Å². The Labute approximate surface area is 116 Å². The number of nitrogens with zero attached hydrogens (tertiary/aromatic N) is 2. The highest BCUT2D eigenvalue weighted by molar-refractivity contribution is 7.09. The molecule has 1 saturated carbocycles. The van der Waals surface area contributed by atoms with E-state index in [-0.39, 0.29) is 30.9 Å². The molecule has 0 aromatic carbocycles. The smallest absolute Gasteiger partial charge is 0.325 e. The first-order valence-corrected chi connectivity index (χ1v) is 7.34. The number of aryl methyl sites for hydroxylation is 1. The molecule has 0 saturated heterocycles. The Bertz CT molecular complexity index is 468. The van der Waals surface area contributed by atoms with Crippen LogP contribution in [0.4, 0.5) is 0 Å². The minimum atomic E-state index is -0.336. The fourth-order valence-corrected chi connectivity index (χ4v) is 2.51. The van der Waals surface area contributed by atoms with Crippen molar-refractivity contribution in [3.63, 3.8) is 0 Å². The van der Waals surface area contributed by atoms with Gasteiger partial charge in [0.15, 0.2) is 0 Å². The molecule has 6 heteroatoms. The van der Waals surface area contributed by atoms with Crippen molar-refractivity contribution in [3.8, 4) is 0 Å². The summed E-state index contributed by atoms with van der Waals surface area (Å²) < 4.78 is 4.91. The van der Waals surface area contributed by atoms with Gasteiger partial charge in [0, 0.05) is 11.4 Å². The Morgan fingerprint density at radius 3 is 2.79 bits per heavy atom. The minimum absolute atomic E-state index is 0.0409. The number of amides is 1. The van der Waals surface area contributed by atoms with E-state index in [1.807, 2.05) is 12.3 Å². The Morgan fingerprint density at radius 1 is 1.53 bits per heavy atom. The Morgan fingerprint density at radius 2 is 2.26 bits per heavy atom. The molecular weight excluding hydrogens is 264 g/mol. The quantitative estimate of drug-likeness (QED) is 0.743. The maximum atomic E-state index is 12.2. The van der Waals surface area contributed by atoms with Crippen LogP contribution in [0.3, 0.4) is 0 Å².